The summed E-state index contributed by atoms with van der Waals surface area (Å²) < 4.78 is 0. The fraction of sp³-hybridized carbons (Fsp3) is 0. The van der Waals surface area contributed by atoms with Crippen LogP contribution in [0.15, 0.2) is 77.9 Å². The van der Waals surface area contributed by atoms with Gasteiger partial charge in [-0.15, -0.1) is 24.8 Å². The lowest BCUT2D eigenvalue weighted by atomic mass is 10.3. The van der Waals surface area contributed by atoms with Crippen LogP contribution in [0.2, 0.25) is 0 Å². The summed E-state index contributed by atoms with van der Waals surface area (Å²) >= 11 is 0. The van der Waals surface area contributed by atoms with E-state index in [-0.39, 0.29) is 24.8 Å². The number of benzene rings is 2. The summed E-state index contributed by atoms with van der Waals surface area (Å²) in [4.78, 5) is 4.29. The van der Waals surface area contributed by atoms with Crippen molar-refractivity contribution in [1.82, 2.24) is 0 Å². The molecular weight excluding hydrogens is 279 g/mol. The number of hydrogen-bond acceptors (Lipinski definition) is 2. The Morgan fingerprint density at radius 2 is 1.37 bits per heavy atom. The van der Waals surface area contributed by atoms with Crippen LogP contribution in [-0.4, -0.2) is 6.21 Å². The molecule has 4 heteroatoms. The van der Waals surface area contributed by atoms with E-state index < -0.39 is 0 Å². The molecule has 0 aliphatic heterocycles. The quantitative estimate of drug-likeness (QED) is 0.800. The second-order valence-corrected chi connectivity index (χ2v) is 3.48. The predicted molar refractivity (Wildman–Crippen MR) is 88.3 cm³/mol. The largest absolute Gasteiger partial charge is 0.362 e. The highest BCUT2D eigenvalue weighted by Gasteiger charge is 1.83. The first-order valence-electron chi connectivity index (χ1n) is 5.51. The third kappa shape index (κ3) is 6.65. The SMILES string of the molecule is C(=CNc1ccccc1)C=Nc1ccccc1.Cl.Cl. The van der Waals surface area contributed by atoms with Crippen LogP contribution in [0, 0.1) is 0 Å². The minimum Gasteiger partial charge on any atom is -0.362 e. The normalized spacial score (nSPS) is 9.89. The maximum absolute atomic E-state index is 4.29. The average molecular weight is 295 g/mol. The summed E-state index contributed by atoms with van der Waals surface area (Å²) in [6, 6.07) is 19.9. The van der Waals surface area contributed by atoms with E-state index in [2.05, 4.69) is 10.3 Å². The zero-order valence-electron chi connectivity index (χ0n) is 10.3. The van der Waals surface area contributed by atoms with Crippen molar-refractivity contribution in [2.75, 3.05) is 5.32 Å². The first-order valence-corrected chi connectivity index (χ1v) is 5.51. The van der Waals surface area contributed by atoms with E-state index in [1.54, 1.807) is 6.21 Å². The Balaban J connectivity index is 0.00000162. The highest BCUT2D eigenvalue weighted by atomic mass is 35.5. The standard InChI is InChI=1S/C15H14N2.2ClH/c1-3-8-14(9-4-1)16-12-7-13-17-15-10-5-2-6-11-15;;/h1-13,16H;2*1H. The van der Waals surface area contributed by atoms with E-state index in [0.717, 1.165) is 11.4 Å². The van der Waals surface area contributed by atoms with E-state index in [9.17, 15) is 0 Å². The van der Waals surface area contributed by atoms with Gasteiger partial charge in [-0.2, -0.15) is 0 Å². The highest BCUT2D eigenvalue weighted by molar-refractivity contribution is 5.85. The Labute approximate surface area is 126 Å². The van der Waals surface area contributed by atoms with Gasteiger partial charge in [-0.05, 0) is 30.3 Å². The number of allylic oxidation sites excluding steroid dienone is 1. The van der Waals surface area contributed by atoms with Gasteiger partial charge >= 0.3 is 0 Å². The molecule has 0 atom stereocenters. The number of rotatable bonds is 4. The van der Waals surface area contributed by atoms with Gasteiger partial charge in [0.1, 0.15) is 0 Å². The van der Waals surface area contributed by atoms with Crippen LogP contribution < -0.4 is 5.32 Å². The number of nitrogens with zero attached hydrogens (tertiary/aromatic N) is 1. The maximum atomic E-state index is 4.29. The summed E-state index contributed by atoms with van der Waals surface area (Å²) in [5, 5.41) is 3.16. The van der Waals surface area contributed by atoms with Crippen LogP contribution in [0.3, 0.4) is 0 Å². The molecule has 0 spiro atoms. The molecule has 0 heterocycles. The Bertz CT molecular complexity index is 496. The van der Waals surface area contributed by atoms with Crippen molar-refractivity contribution in [2.45, 2.75) is 0 Å². The van der Waals surface area contributed by atoms with Gasteiger partial charge in [0.25, 0.3) is 0 Å². The second-order valence-electron chi connectivity index (χ2n) is 3.48. The molecule has 0 unspecified atom stereocenters. The molecule has 19 heavy (non-hydrogen) atoms. The minimum atomic E-state index is 0. The second kappa shape index (κ2) is 10.2. The molecule has 2 aromatic rings. The monoisotopic (exact) mass is 294 g/mol. The third-order valence-electron chi connectivity index (χ3n) is 2.19. The number of nitrogens with one attached hydrogen (secondary N) is 1. The van der Waals surface area contributed by atoms with Gasteiger partial charge in [-0.1, -0.05) is 36.4 Å². The number of para-hydroxylation sites is 2. The van der Waals surface area contributed by atoms with Crippen LogP contribution in [0.5, 0.6) is 0 Å². The predicted octanol–water partition coefficient (Wildman–Crippen LogP) is 4.86. The Hall–Kier alpha value is -1.77. The van der Waals surface area contributed by atoms with Gasteiger partial charge in [0.05, 0.1) is 5.69 Å². The lowest BCUT2D eigenvalue weighted by Crippen LogP contribution is -1.85. The summed E-state index contributed by atoms with van der Waals surface area (Å²) in [6.07, 6.45) is 5.51. The van der Waals surface area contributed by atoms with E-state index in [1.165, 1.54) is 0 Å². The highest BCUT2D eigenvalue weighted by Crippen LogP contribution is 2.08. The van der Waals surface area contributed by atoms with Gasteiger partial charge in [-0.25, -0.2) is 0 Å². The average Bonchev–Trinajstić information content (AvgIpc) is 2.41. The summed E-state index contributed by atoms with van der Waals surface area (Å²) in [7, 11) is 0. The molecule has 2 nitrogen and oxygen atoms in total. The smallest absolute Gasteiger partial charge is 0.0629 e. The number of aliphatic imine (C=N–C) groups is 1. The van der Waals surface area contributed by atoms with Gasteiger partial charge in [0.15, 0.2) is 0 Å². The van der Waals surface area contributed by atoms with E-state index in [0.29, 0.717) is 0 Å². The van der Waals surface area contributed by atoms with Crippen molar-refractivity contribution in [3.63, 3.8) is 0 Å². The zero-order valence-corrected chi connectivity index (χ0v) is 11.9. The van der Waals surface area contributed by atoms with Crippen molar-refractivity contribution >= 4 is 42.4 Å². The lowest BCUT2D eigenvalue weighted by Gasteiger charge is -1.97. The first-order chi connectivity index (χ1) is 8.45. The van der Waals surface area contributed by atoms with Gasteiger partial charge in [0, 0.05) is 18.1 Å². The molecule has 2 aromatic carbocycles. The van der Waals surface area contributed by atoms with Crippen LogP contribution >= 0.6 is 24.8 Å². The van der Waals surface area contributed by atoms with Gasteiger partial charge in [-0.3, -0.25) is 4.99 Å². The molecule has 0 radical (unpaired) electrons. The molecule has 0 amide bonds. The molecule has 0 aliphatic rings. The van der Waals surface area contributed by atoms with E-state index in [4.69, 9.17) is 0 Å². The van der Waals surface area contributed by atoms with Crippen molar-refractivity contribution in [2.24, 2.45) is 4.99 Å². The molecule has 1 N–H and O–H groups in total. The fourth-order valence-corrected chi connectivity index (χ4v) is 1.36. The molecule has 0 fully saturated rings. The first kappa shape index (κ1) is 17.2. The van der Waals surface area contributed by atoms with Gasteiger partial charge < -0.3 is 5.32 Å². The van der Waals surface area contributed by atoms with Crippen molar-refractivity contribution < 1.29 is 0 Å². The van der Waals surface area contributed by atoms with Gasteiger partial charge in [0.2, 0.25) is 0 Å². The number of hydrogen-bond donors (Lipinski definition) is 1. The third-order valence-corrected chi connectivity index (χ3v) is 2.19. The maximum Gasteiger partial charge on any atom is 0.0629 e. The topological polar surface area (TPSA) is 24.4 Å². The van der Waals surface area contributed by atoms with Crippen LogP contribution in [-0.2, 0) is 0 Å². The Morgan fingerprint density at radius 3 is 2.00 bits per heavy atom. The molecular formula is C15H16Cl2N2. The van der Waals surface area contributed by atoms with E-state index >= 15 is 0 Å². The molecule has 0 aliphatic carbocycles. The van der Waals surface area contributed by atoms with Crippen molar-refractivity contribution in [3.8, 4) is 0 Å². The Morgan fingerprint density at radius 1 is 0.789 bits per heavy atom. The molecule has 0 aromatic heterocycles. The molecule has 0 saturated heterocycles. The molecule has 100 valence electrons. The van der Waals surface area contributed by atoms with Crippen molar-refractivity contribution in [3.05, 3.63) is 72.9 Å². The van der Waals surface area contributed by atoms with Crippen LogP contribution in [0.4, 0.5) is 11.4 Å². The van der Waals surface area contributed by atoms with Crippen LogP contribution in [0.25, 0.3) is 0 Å². The summed E-state index contributed by atoms with van der Waals surface area (Å²) in [5.41, 5.74) is 2.02. The summed E-state index contributed by atoms with van der Waals surface area (Å²) in [6.45, 7) is 0. The zero-order chi connectivity index (χ0) is 11.8. The Kier molecular flexibility index (Phi) is 9.23. The van der Waals surface area contributed by atoms with Crippen molar-refractivity contribution in [1.29, 1.82) is 0 Å². The van der Waals surface area contributed by atoms with E-state index in [1.807, 2.05) is 72.9 Å². The lowest BCUT2D eigenvalue weighted by molar-refractivity contribution is 1.54. The molecule has 0 saturated carbocycles. The summed E-state index contributed by atoms with van der Waals surface area (Å²) in [5.74, 6) is 0. The molecule has 0 bridgehead atoms. The molecule has 2 rings (SSSR count). The number of anilines is 1. The minimum absolute atomic E-state index is 0. The fourth-order valence-electron chi connectivity index (χ4n) is 1.36. The number of halogens is 2. The van der Waals surface area contributed by atoms with Crippen LogP contribution in [0.1, 0.15) is 0 Å².